The zero-order valence-electron chi connectivity index (χ0n) is 18.0. The third-order valence-electron chi connectivity index (χ3n) is 3.86. The Kier molecular flexibility index (Phi) is 9.52. The number of esters is 1. The fourth-order valence-corrected chi connectivity index (χ4v) is 2.72. The third-order valence-corrected chi connectivity index (χ3v) is 3.86. The molecule has 1 N–H and O–H groups in total. The van der Waals surface area contributed by atoms with Crippen molar-refractivity contribution in [3.05, 3.63) is 54.6 Å². The second kappa shape index (κ2) is 11.6. The molecule has 0 amide bonds. The van der Waals surface area contributed by atoms with E-state index in [2.05, 4.69) is 20.4 Å². The molecule has 0 spiro atoms. The molecule has 3 aromatic rings. The van der Waals surface area contributed by atoms with Crippen molar-refractivity contribution in [3.63, 3.8) is 0 Å². The van der Waals surface area contributed by atoms with Gasteiger partial charge in [0.25, 0.3) is 0 Å². The molecule has 0 aromatic heterocycles. The monoisotopic (exact) mass is 398 g/mol. The Balaban J connectivity index is 0.000000626. The number of ether oxygens (including phenoxy) is 3. The Bertz CT molecular complexity index is 976. The van der Waals surface area contributed by atoms with E-state index in [9.17, 15) is 9.90 Å². The average Bonchev–Trinajstić information content (AvgIpc) is 2.73. The van der Waals surface area contributed by atoms with Crippen molar-refractivity contribution in [1.29, 1.82) is 0 Å². The molecule has 0 aliphatic heterocycles. The van der Waals surface area contributed by atoms with E-state index in [4.69, 9.17) is 14.2 Å². The first-order valence-electron chi connectivity index (χ1n) is 9.38. The Morgan fingerprint density at radius 1 is 1.00 bits per heavy atom. The van der Waals surface area contributed by atoms with E-state index in [0.717, 1.165) is 21.5 Å². The molecule has 0 aliphatic rings. The number of carbonyl (C=O) groups excluding carboxylic acids is 1. The van der Waals surface area contributed by atoms with Gasteiger partial charge < -0.3 is 19.3 Å². The first-order valence-corrected chi connectivity index (χ1v) is 9.38. The van der Waals surface area contributed by atoms with Gasteiger partial charge in [0.1, 0.15) is 5.75 Å². The summed E-state index contributed by atoms with van der Waals surface area (Å²) in [7, 11) is 4.40. The zero-order valence-corrected chi connectivity index (χ0v) is 18.0. The van der Waals surface area contributed by atoms with E-state index < -0.39 is 5.97 Å². The molecule has 3 rings (SSSR count). The molecule has 5 nitrogen and oxygen atoms in total. The highest BCUT2D eigenvalue weighted by Crippen LogP contribution is 2.37. The first kappa shape index (κ1) is 23.8. The maximum atomic E-state index is 12.1. The van der Waals surface area contributed by atoms with Crippen LogP contribution in [0, 0.1) is 0 Å². The second-order valence-electron chi connectivity index (χ2n) is 6.19. The fraction of sp³-hybridized carbons (Fsp3) is 0.292. The van der Waals surface area contributed by atoms with Crippen LogP contribution in [0.15, 0.2) is 49.1 Å². The minimum absolute atomic E-state index is 0.0370. The molecule has 0 radical (unpaired) electrons. The van der Waals surface area contributed by atoms with Crippen LogP contribution in [0.25, 0.3) is 21.5 Å². The normalized spacial score (nSPS) is 9.59. The van der Waals surface area contributed by atoms with Crippen LogP contribution in [-0.4, -0.2) is 32.4 Å². The Hall–Kier alpha value is -3.21. The molecule has 0 aliphatic carbocycles. The summed E-state index contributed by atoms with van der Waals surface area (Å²) in [6, 6.07) is 10.5. The number of hydrogen-bond donors (Lipinski definition) is 1. The zero-order chi connectivity index (χ0) is 22.0. The number of phenolic OH excluding ortho intramolecular Hbond substituents is 1. The molecule has 0 unspecified atom stereocenters. The van der Waals surface area contributed by atoms with Crippen LogP contribution in [0.4, 0.5) is 0 Å². The van der Waals surface area contributed by atoms with Crippen molar-refractivity contribution >= 4 is 27.5 Å². The lowest BCUT2D eigenvalue weighted by atomic mass is 9.96. The van der Waals surface area contributed by atoms with E-state index >= 15 is 0 Å². The fourth-order valence-electron chi connectivity index (χ4n) is 2.72. The lowest BCUT2D eigenvalue weighted by Crippen LogP contribution is -2.02. The van der Waals surface area contributed by atoms with Gasteiger partial charge in [0, 0.05) is 0 Å². The molecule has 3 aromatic carbocycles. The predicted octanol–water partition coefficient (Wildman–Crippen LogP) is 6.11. The largest absolute Gasteiger partial charge is 0.504 e. The standard InChI is InChI=1S/C18H16O5.C3H8.C3H6/c1-21-11-4-5-12-14(8-11)13-9-16(19)17(22-2)7-10(13)6-15(12)18(20)23-3;2*1-3-2/h4-9,19H,1-3H3;3H2,1-2H3;3H,1H2,2H3. The van der Waals surface area contributed by atoms with Crippen molar-refractivity contribution < 1.29 is 24.1 Å². The van der Waals surface area contributed by atoms with E-state index in [1.807, 2.05) is 13.0 Å². The van der Waals surface area contributed by atoms with Gasteiger partial charge in [0.05, 0.1) is 26.9 Å². The van der Waals surface area contributed by atoms with Gasteiger partial charge in [-0.3, -0.25) is 0 Å². The molecule has 156 valence electrons. The number of fused-ring (bicyclic) bond motifs is 3. The highest BCUT2D eigenvalue weighted by atomic mass is 16.5. The number of methoxy groups -OCH3 is 3. The van der Waals surface area contributed by atoms with Gasteiger partial charge in [0.2, 0.25) is 0 Å². The summed E-state index contributed by atoms with van der Waals surface area (Å²) in [4.78, 5) is 12.1. The summed E-state index contributed by atoms with van der Waals surface area (Å²) in [6.07, 6.45) is 3.00. The SMILES string of the molecule is C=CC.CCC.COC(=O)c1cc2cc(OC)c(O)cc2c2cc(OC)ccc12. The number of hydrogen-bond acceptors (Lipinski definition) is 5. The second-order valence-corrected chi connectivity index (χ2v) is 6.19. The minimum atomic E-state index is -0.422. The van der Waals surface area contributed by atoms with Crippen LogP contribution in [0.2, 0.25) is 0 Å². The number of phenols is 1. The number of allylic oxidation sites excluding steroid dienone is 1. The number of rotatable bonds is 3. The Labute approximate surface area is 172 Å². The van der Waals surface area contributed by atoms with Crippen LogP contribution in [0.1, 0.15) is 37.6 Å². The van der Waals surface area contributed by atoms with Crippen LogP contribution >= 0.6 is 0 Å². The van der Waals surface area contributed by atoms with Crippen LogP contribution in [0.3, 0.4) is 0 Å². The van der Waals surface area contributed by atoms with Gasteiger partial charge in [-0.15, -0.1) is 6.58 Å². The molecule has 0 bridgehead atoms. The smallest absolute Gasteiger partial charge is 0.338 e. The quantitative estimate of drug-likeness (QED) is 0.327. The van der Waals surface area contributed by atoms with Gasteiger partial charge in [-0.2, -0.15) is 0 Å². The Morgan fingerprint density at radius 3 is 2.14 bits per heavy atom. The van der Waals surface area contributed by atoms with Gasteiger partial charge in [-0.25, -0.2) is 4.79 Å². The van der Waals surface area contributed by atoms with Crippen LogP contribution in [-0.2, 0) is 4.74 Å². The highest BCUT2D eigenvalue weighted by molar-refractivity contribution is 6.16. The molecular formula is C24H30O5. The van der Waals surface area contributed by atoms with Gasteiger partial charge in [0.15, 0.2) is 11.5 Å². The summed E-state index contributed by atoms with van der Waals surface area (Å²) in [6.45, 7) is 9.50. The molecule has 0 saturated carbocycles. The maximum absolute atomic E-state index is 12.1. The molecular weight excluding hydrogens is 368 g/mol. The summed E-state index contributed by atoms with van der Waals surface area (Å²) < 4.78 is 15.3. The topological polar surface area (TPSA) is 65.0 Å². The van der Waals surface area contributed by atoms with Crippen molar-refractivity contribution in [2.75, 3.05) is 21.3 Å². The van der Waals surface area contributed by atoms with Gasteiger partial charge in [-0.1, -0.05) is 26.3 Å². The van der Waals surface area contributed by atoms with E-state index in [1.54, 1.807) is 43.5 Å². The molecule has 5 heteroatoms. The summed E-state index contributed by atoms with van der Waals surface area (Å²) in [5, 5.41) is 13.2. The van der Waals surface area contributed by atoms with E-state index in [-0.39, 0.29) is 5.75 Å². The summed E-state index contributed by atoms with van der Waals surface area (Å²) in [5.74, 6) is 0.621. The minimum Gasteiger partial charge on any atom is -0.504 e. The summed E-state index contributed by atoms with van der Waals surface area (Å²) in [5.41, 5.74) is 0.449. The lowest BCUT2D eigenvalue weighted by Gasteiger charge is -2.12. The van der Waals surface area contributed by atoms with E-state index in [0.29, 0.717) is 17.1 Å². The van der Waals surface area contributed by atoms with Crippen molar-refractivity contribution in [1.82, 2.24) is 0 Å². The van der Waals surface area contributed by atoms with E-state index in [1.165, 1.54) is 20.6 Å². The number of aromatic hydroxyl groups is 1. The Morgan fingerprint density at radius 2 is 1.62 bits per heavy atom. The maximum Gasteiger partial charge on any atom is 0.338 e. The predicted molar refractivity (Wildman–Crippen MR) is 119 cm³/mol. The van der Waals surface area contributed by atoms with Crippen molar-refractivity contribution in [2.24, 2.45) is 0 Å². The molecule has 0 saturated heterocycles. The number of carbonyl (C=O) groups is 1. The first-order chi connectivity index (χ1) is 13.9. The van der Waals surface area contributed by atoms with Gasteiger partial charge >= 0.3 is 5.97 Å². The molecule has 0 heterocycles. The molecule has 29 heavy (non-hydrogen) atoms. The van der Waals surface area contributed by atoms with Crippen molar-refractivity contribution in [2.45, 2.75) is 27.2 Å². The average molecular weight is 398 g/mol. The lowest BCUT2D eigenvalue weighted by molar-refractivity contribution is 0.0603. The van der Waals surface area contributed by atoms with Crippen LogP contribution < -0.4 is 9.47 Å². The third kappa shape index (κ3) is 5.64. The molecule has 0 fully saturated rings. The molecule has 0 atom stereocenters. The van der Waals surface area contributed by atoms with Crippen LogP contribution in [0.5, 0.6) is 17.2 Å². The van der Waals surface area contributed by atoms with Gasteiger partial charge in [-0.05, 0) is 64.9 Å². The summed E-state index contributed by atoms with van der Waals surface area (Å²) >= 11 is 0. The number of benzene rings is 3. The highest BCUT2D eigenvalue weighted by Gasteiger charge is 2.16. The van der Waals surface area contributed by atoms with Crippen molar-refractivity contribution in [3.8, 4) is 17.2 Å².